The second-order valence-electron chi connectivity index (χ2n) is 8.70. The van der Waals surface area contributed by atoms with Gasteiger partial charge in [0.05, 0.1) is 12.1 Å². The Morgan fingerprint density at radius 3 is 2.75 bits per heavy atom. The van der Waals surface area contributed by atoms with E-state index in [9.17, 15) is 4.79 Å². The molecule has 168 valence electrons. The van der Waals surface area contributed by atoms with Gasteiger partial charge in [-0.05, 0) is 86.7 Å². The summed E-state index contributed by atoms with van der Waals surface area (Å²) < 4.78 is 0. The Bertz CT molecular complexity index is 1160. The number of nitrogens with one attached hydrogen (secondary N) is 2. The van der Waals surface area contributed by atoms with Crippen molar-refractivity contribution < 1.29 is 0 Å². The van der Waals surface area contributed by atoms with Crippen LogP contribution in [0.3, 0.4) is 0 Å². The number of para-hydroxylation sites is 1. The number of benzene rings is 2. The fourth-order valence-corrected chi connectivity index (χ4v) is 4.87. The Morgan fingerprint density at radius 1 is 1.22 bits per heavy atom. The highest BCUT2D eigenvalue weighted by atomic mass is 32.1. The van der Waals surface area contributed by atoms with Crippen LogP contribution < -0.4 is 10.9 Å². The van der Waals surface area contributed by atoms with Gasteiger partial charge < -0.3 is 15.2 Å². The Hall–Kier alpha value is -2.70. The Labute approximate surface area is 195 Å². The first-order chi connectivity index (χ1) is 15.5. The molecule has 0 amide bonds. The molecule has 0 radical (unpaired) electrons. The summed E-state index contributed by atoms with van der Waals surface area (Å²) in [5.74, 6) is 0. The van der Waals surface area contributed by atoms with Gasteiger partial charge in [-0.2, -0.15) is 0 Å². The maximum absolute atomic E-state index is 13.0. The van der Waals surface area contributed by atoms with Gasteiger partial charge in [-0.1, -0.05) is 37.3 Å². The van der Waals surface area contributed by atoms with Crippen molar-refractivity contribution in [2.45, 2.75) is 46.2 Å². The van der Waals surface area contributed by atoms with E-state index in [0.717, 1.165) is 53.8 Å². The largest absolute Gasteiger partial charge is 0.343 e. The average molecular weight is 449 g/mol. The predicted molar refractivity (Wildman–Crippen MR) is 137 cm³/mol. The number of aryl methyl sites for hydroxylation is 2. The minimum absolute atomic E-state index is 0.0440. The van der Waals surface area contributed by atoms with Crippen LogP contribution in [-0.2, 0) is 6.54 Å². The van der Waals surface area contributed by atoms with Crippen LogP contribution in [0, 0.1) is 13.8 Å². The van der Waals surface area contributed by atoms with Crippen LogP contribution >= 0.6 is 12.2 Å². The number of pyridine rings is 1. The van der Waals surface area contributed by atoms with E-state index in [4.69, 9.17) is 12.2 Å². The van der Waals surface area contributed by atoms with Gasteiger partial charge in [0.25, 0.3) is 5.56 Å². The van der Waals surface area contributed by atoms with Gasteiger partial charge in [-0.3, -0.25) is 9.69 Å². The molecule has 1 saturated heterocycles. The number of anilines is 1. The average Bonchev–Trinajstić information content (AvgIpc) is 3.25. The third kappa shape index (κ3) is 4.87. The molecule has 1 aliphatic heterocycles. The molecule has 1 aromatic heterocycles. The highest BCUT2D eigenvalue weighted by molar-refractivity contribution is 7.80. The Morgan fingerprint density at radius 2 is 2.00 bits per heavy atom. The smallest absolute Gasteiger partial charge is 0.253 e. The number of rotatable bonds is 6. The lowest BCUT2D eigenvalue weighted by atomic mass is 10.0. The molecule has 0 saturated carbocycles. The van der Waals surface area contributed by atoms with Crippen molar-refractivity contribution >= 4 is 33.9 Å². The molecular weight excluding hydrogens is 416 g/mol. The molecule has 3 aromatic rings. The molecule has 6 heteroatoms. The summed E-state index contributed by atoms with van der Waals surface area (Å²) in [6.07, 6.45) is 2.37. The zero-order valence-electron chi connectivity index (χ0n) is 19.1. The minimum atomic E-state index is -0.0440. The number of aromatic nitrogens is 1. The number of hydrogen-bond donors (Lipinski definition) is 2. The van der Waals surface area contributed by atoms with Crippen molar-refractivity contribution in [3.63, 3.8) is 0 Å². The van der Waals surface area contributed by atoms with E-state index >= 15 is 0 Å². The summed E-state index contributed by atoms with van der Waals surface area (Å²) in [6, 6.07) is 16.6. The quantitative estimate of drug-likeness (QED) is 0.529. The molecular formula is C26H32N4OS. The summed E-state index contributed by atoms with van der Waals surface area (Å²) >= 11 is 5.83. The van der Waals surface area contributed by atoms with Crippen LogP contribution in [0.25, 0.3) is 10.9 Å². The van der Waals surface area contributed by atoms with Gasteiger partial charge >= 0.3 is 0 Å². The molecule has 5 nitrogen and oxygen atoms in total. The maximum atomic E-state index is 13.0. The molecule has 1 aliphatic rings. The second-order valence-corrected chi connectivity index (χ2v) is 9.08. The van der Waals surface area contributed by atoms with E-state index in [1.54, 1.807) is 0 Å². The van der Waals surface area contributed by atoms with Crippen LogP contribution in [0.15, 0.2) is 53.3 Å². The van der Waals surface area contributed by atoms with Crippen LogP contribution in [0.5, 0.6) is 0 Å². The fourth-order valence-electron chi connectivity index (χ4n) is 4.61. The van der Waals surface area contributed by atoms with E-state index in [1.807, 2.05) is 36.4 Å². The number of likely N-dealkylation sites (N-methyl/N-ethyl adjacent to an activating group) is 1. The van der Waals surface area contributed by atoms with Crippen LogP contribution in [0.1, 0.15) is 36.5 Å². The fraction of sp³-hybridized carbons (Fsp3) is 0.385. The monoisotopic (exact) mass is 448 g/mol. The highest BCUT2D eigenvalue weighted by Crippen LogP contribution is 2.22. The summed E-state index contributed by atoms with van der Waals surface area (Å²) in [7, 11) is 0. The molecule has 0 bridgehead atoms. The van der Waals surface area contributed by atoms with E-state index < -0.39 is 0 Å². The molecule has 2 aromatic carbocycles. The first kappa shape index (κ1) is 22.5. The molecule has 2 N–H and O–H groups in total. The lowest BCUT2D eigenvalue weighted by molar-refractivity contribution is 0.221. The van der Waals surface area contributed by atoms with E-state index in [1.165, 1.54) is 12.0 Å². The van der Waals surface area contributed by atoms with Gasteiger partial charge in [-0.15, -0.1) is 0 Å². The lowest BCUT2D eigenvalue weighted by Crippen LogP contribution is -2.44. The summed E-state index contributed by atoms with van der Waals surface area (Å²) in [5, 5.41) is 5.08. The van der Waals surface area contributed by atoms with Crippen molar-refractivity contribution in [2.75, 3.05) is 25.0 Å². The van der Waals surface area contributed by atoms with Gasteiger partial charge in [0.15, 0.2) is 5.11 Å². The first-order valence-electron chi connectivity index (χ1n) is 11.4. The van der Waals surface area contributed by atoms with Gasteiger partial charge in [0, 0.05) is 23.8 Å². The zero-order valence-corrected chi connectivity index (χ0v) is 20.0. The third-order valence-electron chi connectivity index (χ3n) is 6.64. The number of H-pyrrole nitrogens is 1. The molecule has 2 heterocycles. The Balaban J connectivity index is 1.63. The van der Waals surface area contributed by atoms with Gasteiger partial charge in [-0.25, -0.2) is 0 Å². The SMILES string of the molecule is CCN1CCC[C@@H]1CN(Cc1cc2ccc(C)c(C)c2[nH]c1=O)C(=S)Nc1ccccc1. The van der Waals surface area contributed by atoms with Crippen LogP contribution in [-0.4, -0.2) is 45.6 Å². The topological polar surface area (TPSA) is 51.4 Å². The number of thiocarbonyl (C=S) groups is 1. The highest BCUT2D eigenvalue weighted by Gasteiger charge is 2.26. The predicted octanol–water partition coefficient (Wildman–Crippen LogP) is 4.83. The molecule has 4 rings (SSSR count). The molecule has 0 unspecified atom stereocenters. The summed E-state index contributed by atoms with van der Waals surface area (Å²) in [5.41, 5.74) is 4.87. The summed E-state index contributed by atoms with van der Waals surface area (Å²) in [6.45, 7) is 9.77. The molecule has 0 aliphatic carbocycles. The lowest BCUT2D eigenvalue weighted by Gasteiger charge is -2.32. The molecule has 0 spiro atoms. The van der Waals surface area contributed by atoms with Crippen molar-refractivity contribution in [1.29, 1.82) is 0 Å². The van der Waals surface area contributed by atoms with Crippen molar-refractivity contribution in [1.82, 2.24) is 14.8 Å². The number of hydrogen-bond acceptors (Lipinski definition) is 3. The second kappa shape index (κ2) is 9.84. The van der Waals surface area contributed by atoms with E-state index in [0.29, 0.717) is 17.7 Å². The van der Waals surface area contributed by atoms with Gasteiger partial charge in [0.1, 0.15) is 0 Å². The minimum Gasteiger partial charge on any atom is -0.343 e. The first-order valence-corrected chi connectivity index (χ1v) is 11.8. The summed E-state index contributed by atoms with van der Waals surface area (Å²) in [4.78, 5) is 20.8. The zero-order chi connectivity index (χ0) is 22.7. The molecule has 1 atom stereocenters. The van der Waals surface area contributed by atoms with Crippen molar-refractivity contribution in [2.24, 2.45) is 0 Å². The van der Waals surface area contributed by atoms with Crippen molar-refractivity contribution in [3.8, 4) is 0 Å². The van der Waals surface area contributed by atoms with Crippen LogP contribution in [0.2, 0.25) is 0 Å². The van der Waals surface area contributed by atoms with E-state index in [-0.39, 0.29) is 5.56 Å². The number of fused-ring (bicyclic) bond motifs is 1. The maximum Gasteiger partial charge on any atom is 0.253 e. The number of likely N-dealkylation sites (tertiary alicyclic amines) is 1. The molecule has 1 fully saturated rings. The van der Waals surface area contributed by atoms with Crippen molar-refractivity contribution in [3.05, 3.63) is 75.6 Å². The number of nitrogens with zero attached hydrogens (tertiary/aromatic N) is 2. The Kier molecular flexibility index (Phi) is 6.92. The number of aromatic amines is 1. The van der Waals surface area contributed by atoms with E-state index in [2.05, 4.69) is 53.0 Å². The molecule has 32 heavy (non-hydrogen) atoms. The normalized spacial score (nSPS) is 16.4. The third-order valence-corrected chi connectivity index (χ3v) is 7.00. The van der Waals surface area contributed by atoms with Gasteiger partial charge in [0.2, 0.25) is 0 Å². The standard InChI is InChI=1S/C26H32N4OS/c1-4-29-14-8-11-23(29)17-30(26(32)27-22-9-6-5-7-10-22)16-21-15-20-13-12-18(2)19(3)24(20)28-25(21)31/h5-7,9-10,12-13,15,23H,4,8,11,14,16-17H2,1-3H3,(H,27,32)(H,28,31)/t23-/m1/s1. The van der Waals surface area contributed by atoms with Crippen LogP contribution in [0.4, 0.5) is 5.69 Å².